The number of fused-ring (bicyclic) bond motifs is 1. The summed E-state index contributed by atoms with van der Waals surface area (Å²) in [5.74, 6) is 0.589. The van der Waals surface area contributed by atoms with Crippen LogP contribution in [0.2, 0.25) is 0 Å². The van der Waals surface area contributed by atoms with Crippen LogP contribution in [0.1, 0.15) is 18.5 Å². The molecule has 2 rings (SSSR count). The van der Waals surface area contributed by atoms with Gasteiger partial charge in [-0.15, -0.1) is 0 Å². The van der Waals surface area contributed by atoms with Crippen molar-refractivity contribution in [1.29, 1.82) is 0 Å². The number of rotatable bonds is 5. The minimum absolute atomic E-state index is 0.589. The zero-order chi connectivity index (χ0) is 13.3. The maximum absolute atomic E-state index is 5.98. The third-order valence-corrected chi connectivity index (χ3v) is 3.16. The van der Waals surface area contributed by atoms with Crippen LogP contribution in [0, 0.1) is 6.92 Å². The number of anilines is 1. The molecule has 6 heteroatoms. The number of hydrogen-bond donors (Lipinski definition) is 1. The molecule has 0 spiro atoms. The van der Waals surface area contributed by atoms with Crippen LogP contribution in [0.3, 0.4) is 0 Å². The first-order valence-corrected chi connectivity index (χ1v) is 6.30. The van der Waals surface area contributed by atoms with Crippen molar-refractivity contribution in [3.8, 4) is 0 Å². The lowest BCUT2D eigenvalue weighted by Crippen LogP contribution is -2.14. The van der Waals surface area contributed by atoms with Crippen LogP contribution >= 0.6 is 0 Å². The van der Waals surface area contributed by atoms with Crippen LogP contribution in [-0.2, 0) is 13.6 Å². The highest BCUT2D eigenvalue weighted by atomic mass is 15.3. The summed E-state index contributed by atoms with van der Waals surface area (Å²) in [6.45, 7) is 3.96. The number of nitrogen functional groups attached to an aromatic ring is 1. The van der Waals surface area contributed by atoms with Crippen molar-refractivity contribution in [2.24, 2.45) is 7.05 Å². The summed E-state index contributed by atoms with van der Waals surface area (Å²) in [7, 11) is 6.12. The molecule has 100 valence electrons. The minimum atomic E-state index is 0.589. The number of nitrogens with zero attached hydrogens (tertiary/aromatic N) is 5. The van der Waals surface area contributed by atoms with Gasteiger partial charge in [0.25, 0.3) is 0 Å². The highest BCUT2D eigenvalue weighted by molar-refractivity contribution is 5.77. The lowest BCUT2D eigenvalue weighted by molar-refractivity contribution is 0.388. The van der Waals surface area contributed by atoms with Crippen LogP contribution in [0.15, 0.2) is 0 Å². The number of aromatic nitrogens is 4. The molecule has 0 aliphatic carbocycles. The molecule has 2 heterocycles. The van der Waals surface area contributed by atoms with Crippen molar-refractivity contribution in [2.75, 3.05) is 26.4 Å². The van der Waals surface area contributed by atoms with Gasteiger partial charge in [-0.3, -0.25) is 9.25 Å². The van der Waals surface area contributed by atoms with E-state index in [1.807, 2.05) is 18.7 Å². The van der Waals surface area contributed by atoms with Gasteiger partial charge in [0.05, 0.1) is 5.69 Å². The van der Waals surface area contributed by atoms with E-state index in [4.69, 9.17) is 5.73 Å². The molecular weight excluding hydrogens is 228 g/mol. The Morgan fingerprint density at radius 3 is 2.67 bits per heavy atom. The van der Waals surface area contributed by atoms with Gasteiger partial charge in [-0.05, 0) is 40.4 Å². The molecule has 2 aromatic rings. The van der Waals surface area contributed by atoms with E-state index < -0.39 is 0 Å². The fourth-order valence-corrected chi connectivity index (χ4v) is 2.27. The molecule has 0 aromatic carbocycles. The summed E-state index contributed by atoms with van der Waals surface area (Å²) in [6.07, 6.45) is 2.25. The van der Waals surface area contributed by atoms with E-state index in [1.165, 1.54) is 0 Å². The summed E-state index contributed by atoms with van der Waals surface area (Å²) in [6, 6.07) is 0. The lowest BCUT2D eigenvalue weighted by Gasteiger charge is -2.10. The molecule has 0 bridgehead atoms. The standard InChI is InChI=1S/C12H22N6/c1-9-10-11(17(4)15-9)18(12(13)14-10)8-6-5-7-16(2)3/h5-8H2,1-4H3,(H2,13,14). The summed E-state index contributed by atoms with van der Waals surface area (Å²) < 4.78 is 3.92. The van der Waals surface area contributed by atoms with E-state index in [0.29, 0.717) is 5.95 Å². The number of nitrogens with two attached hydrogens (primary N) is 1. The van der Waals surface area contributed by atoms with Gasteiger partial charge >= 0.3 is 0 Å². The van der Waals surface area contributed by atoms with E-state index in [9.17, 15) is 0 Å². The van der Waals surface area contributed by atoms with Crippen LogP contribution in [0.4, 0.5) is 5.95 Å². The average Bonchev–Trinajstić information content (AvgIpc) is 2.74. The van der Waals surface area contributed by atoms with Gasteiger partial charge in [-0.25, -0.2) is 4.98 Å². The van der Waals surface area contributed by atoms with E-state index in [1.54, 1.807) is 0 Å². The van der Waals surface area contributed by atoms with Gasteiger partial charge in [0.1, 0.15) is 5.52 Å². The van der Waals surface area contributed by atoms with Crippen LogP contribution in [-0.4, -0.2) is 44.9 Å². The first kappa shape index (κ1) is 12.9. The van der Waals surface area contributed by atoms with E-state index in [0.717, 1.165) is 42.8 Å². The fraction of sp³-hybridized carbons (Fsp3) is 0.667. The van der Waals surface area contributed by atoms with Crippen molar-refractivity contribution < 1.29 is 0 Å². The largest absolute Gasteiger partial charge is 0.369 e. The number of imidazole rings is 1. The Morgan fingerprint density at radius 1 is 1.28 bits per heavy atom. The molecule has 0 saturated heterocycles. The minimum Gasteiger partial charge on any atom is -0.369 e. The molecule has 0 atom stereocenters. The van der Waals surface area contributed by atoms with Gasteiger partial charge in [0.15, 0.2) is 5.65 Å². The normalized spacial score (nSPS) is 11.8. The Labute approximate surface area is 107 Å². The summed E-state index contributed by atoms with van der Waals surface area (Å²) in [5, 5.41) is 4.38. The second kappa shape index (κ2) is 4.97. The Balaban J connectivity index is 2.15. The fourth-order valence-electron chi connectivity index (χ4n) is 2.27. The van der Waals surface area contributed by atoms with Crippen molar-refractivity contribution in [1.82, 2.24) is 24.2 Å². The smallest absolute Gasteiger partial charge is 0.202 e. The molecule has 2 N–H and O–H groups in total. The predicted molar refractivity (Wildman–Crippen MR) is 73.4 cm³/mol. The first-order chi connectivity index (χ1) is 8.50. The monoisotopic (exact) mass is 250 g/mol. The number of hydrogen-bond acceptors (Lipinski definition) is 4. The SMILES string of the molecule is Cc1nn(C)c2c1nc(N)n2CCCCN(C)C. The maximum atomic E-state index is 5.98. The maximum Gasteiger partial charge on any atom is 0.202 e. The molecule has 6 nitrogen and oxygen atoms in total. The summed E-state index contributed by atoms with van der Waals surface area (Å²) in [5.41, 5.74) is 8.86. The molecule has 0 aliphatic heterocycles. The molecule has 0 unspecified atom stereocenters. The molecule has 0 saturated carbocycles. The van der Waals surface area contributed by atoms with Gasteiger partial charge in [-0.1, -0.05) is 0 Å². The van der Waals surface area contributed by atoms with Gasteiger partial charge < -0.3 is 10.6 Å². The van der Waals surface area contributed by atoms with E-state index >= 15 is 0 Å². The molecule has 0 amide bonds. The highest BCUT2D eigenvalue weighted by Crippen LogP contribution is 2.20. The molecule has 2 aromatic heterocycles. The quantitative estimate of drug-likeness (QED) is 0.804. The van der Waals surface area contributed by atoms with E-state index in [2.05, 4.69) is 33.6 Å². The number of unbranched alkanes of at least 4 members (excludes halogenated alkanes) is 1. The molecule has 18 heavy (non-hydrogen) atoms. The van der Waals surface area contributed by atoms with Crippen LogP contribution in [0.5, 0.6) is 0 Å². The Bertz CT molecular complexity index is 536. The Morgan fingerprint density at radius 2 is 2.00 bits per heavy atom. The zero-order valence-electron chi connectivity index (χ0n) is 11.6. The topological polar surface area (TPSA) is 64.9 Å². The lowest BCUT2D eigenvalue weighted by atomic mass is 10.3. The first-order valence-electron chi connectivity index (χ1n) is 6.30. The average molecular weight is 250 g/mol. The zero-order valence-corrected chi connectivity index (χ0v) is 11.6. The second-order valence-electron chi connectivity index (χ2n) is 5.01. The Kier molecular flexibility index (Phi) is 3.56. The van der Waals surface area contributed by atoms with Gasteiger partial charge in [0, 0.05) is 13.6 Å². The molecule has 0 radical (unpaired) electrons. The number of aryl methyl sites for hydroxylation is 3. The molecule has 0 fully saturated rings. The third kappa shape index (κ3) is 2.33. The van der Waals surface area contributed by atoms with Crippen LogP contribution < -0.4 is 5.73 Å². The van der Waals surface area contributed by atoms with Gasteiger partial charge in [-0.2, -0.15) is 5.10 Å². The summed E-state index contributed by atoms with van der Waals surface area (Å²) in [4.78, 5) is 6.59. The summed E-state index contributed by atoms with van der Waals surface area (Å²) >= 11 is 0. The third-order valence-electron chi connectivity index (χ3n) is 3.16. The van der Waals surface area contributed by atoms with Crippen molar-refractivity contribution in [3.63, 3.8) is 0 Å². The van der Waals surface area contributed by atoms with E-state index in [-0.39, 0.29) is 0 Å². The van der Waals surface area contributed by atoms with Crippen LogP contribution in [0.25, 0.3) is 11.2 Å². The predicted octanol–water partition coefficient (Wildman–Crippen LogP) is 1.00. The van der Waals surface area contributed by atoms with Crippen molar-refractivity contribution >= 4 is 17.1 Å². The van der Waals surface area contributed by atoms with Crippen molar-refractivity contribution in [2.45, 2.75) is 26.3 Å². The van der Waals surface area contributed by atoms with Gasteiger partial charge in [0.2, 0.25) is 5.95 Å². The Hall–Kier alpha value is -1.56. The highest BCUT2D eigenvalue weighted by Gasteiger charge is 2.14. The van der Waals surface area contributed by atoms with Crippen molar-refractivity contribution in [3.05, 3.63) is 5.69 Å². The second-order valence-corrected chi connectivity index (χ2v) is 5.01. The molecule has 0 aliphatic rings. The molecular formula is C12H22N6.